The molecule has 30 heavy (non-hydrogen) atoms. The molecule has 4 rings (SSSR count). The van der Waals surface area contributed by atoms with Crippen molar-refractivity contribution in [2.24, 2.45) is 0 Å². The highest BCUT2D eigenvalue weighted by Crippen LogP contribution is 2.19. The second-order valence-corrected chi connectivity index (χ2v) is 7.45. The van der Waals surface area contributed by atoms with Gasteiger partial charge >= 0.3 is 0 Å². The molecule has 1 aromatic carbocycles. The number of carbonyl (C=O) groups is 2. The highest BCUT2D eigenvalue weighted by atomic mass is 16.2. The van der Waals surface area contributed by atoms with E-state index in [1.165, 1.54) is 12.4 Å². The molecular formula is C23H23N5O2. The van der Waals surface area contributed by atoms with Gasteiger partial charge in [0.2, 0.25) is 5.91 Å². The van der Waals surface area contributed by atoms with Crippen molar-refractivity contribution in [1.29, 1.82) is 0 Å². The third kappa shape index (κ3) is 4.05. The van der Waals surface area contributed by atoms with Gasteiger partial charge in [0.25, 0.3) is 5.91 Å². The molecule has 1 saturated heterocycles. The van der Waals surface area contributed by atoms with Crippen molar-refractivity contribution in [2.45, 2.75) is 26.4 Å². The van der Waals surface area contributed by atoms with Gasteiger partial charge in [0.05, 0.1) is 5.56 Å². The Hall–Kier alpha value is -3.61. The van der Waals surface area contributed by atoms with Crippen LogP contribution in [0.3, 0.4) is 0 Å². The van der Waals surface area contributed by atoms with E-state index in [4.69, 9.17) is 0 Å². The minimum absolute atomic E-state index is 0.0505. The molecule has 3 aromatic rings. The number of amides is 2. The summed E-state index contributed by atoms with van der Waals surface area (Å²) in [6.07, 6.45) is 6.37. The number of hydrogen-bond donors (Lipinski definition) is 0. The number of rotatable bonds is 4. The fourth-order valence-electron chi connectivity index (χ4n) is 3.65. The van der Waals surface area contributed by atoms with Gasteiger partial charge in [0, 0.05) is 50.0 Å². The molecule has 0 saturated carbocycles. The Labute approximate surface area is 175 Å². The van der Waals surface area contributed by atoms with Crippen LogP contribution in [0.2, 0.25) is 0 Å². The van der Waals surface area contributed by atoms with Crippen molar-refractivity contribution in [3.05, 3.63) is 77.9 Å². The normalized spacial score (nSPS) is 16.6. The highest BCUT2D eigenvalue weighted by molar-refractivity contribution is 5.97. The maximum Gasteiger partial charge on any atom is 0.257 e. The van der Waals surface area contributed by atoms with Crippen LogP contribution >= 0.6 is 0 Å². The van der Waals surface area contributed by atoms with Gasteiger partial charge in [-0.05, 0) is 31.5 Å². The number of carbonyl (C=O) groups excluding carboxylic acids is 2. The Morgan fingerprint density at radius 3 is 2.53 bits per heavy atom. The van der Waals surface area contributed by atoms with Crippen LogP contribution in [0.1, 0.15) is 28.4 Å². The lowest BCUT2D eigenvalue weighted by Gasteiger charge is -2.39. The van der Waals surface area contributed by atoms with Gasteiger partial charge in [-0.1, -0.05) is 29.8 Å². The Morgan fingerprint density at radius 1 is 1.10 bits per heavy atom. The number of aromatic nitrogens is 3. The maximum absolute atomic E-state index is 13.0. The minimum atomic E-state index is -0.532. The van der Waals surface area contributed by atoms with Gasteiger partial charge in [-0.15, -0.1) is 0 Å². The molecule has 1 atom stereocenters. The lowest BCUT2D eigenvalue weighted by Crippen LogP contribution is -2.57. The minimum Gasteiger partial charge on any atom is -0.335 e. The molecule has 2 amide bonds. The molecule has 0 N–H and O–H groups in total. The molecule has 152 valence electrons. The summed E-state index contributed by atoms with van der Waals surface area (Å²) in [5, 5.41) is 0. The number of pyridine rings is 1. The Kier molecular flexibility index (Phi) is 5.52. The van der Waals surface area contributed by atoms with Gasteiger partial charge in [-0.2, -0.15) is 0 Å². The molecule has 0 radical (unpaired) electrons. The predicted molar refractivity (Wildman–Crippen MR) is 112 cm³/mol. The van der Waals surface area contributed by atoms with E-state index >= 15 is 0 Å². The van der Waals surface area contributed by atoms with E-state index in [0.717, 1.165) is 16.7 Å². The van der Waals surface area contributed by atoms with Crippen LogP contribution in [0, 0.1) is 6.92 Å². The predicted octanol–water partition coefficient (Wildman–Crippen LogP) is 2.72. The second kappa shape index (κ2) is 8.41. The Bertz CT molecular complexity index is 1050. The second-order valence-electron chi connectivity index (χ2n) is 7.45. The van der Waals surface area contributed by atoms with Crippen LogP contribution in [-0.4, -0.2) is 55.7 Å². The van der Waals surface area contributed by atoms with E-state index in [1.54, 1.807) is 24.2 Å². The first-order valence-electron chi connectivity index (χ1n) is 9.90. The molecular weight excluding hydrogens is 378 g/mol. The average Bonchev–Trinajstić information content (AvgIpc) is 2.77. The Morgan fingerprint density at radius 2 is 1.83 bits per heavy atom. The van der Waals surface area contributed by atoms with Crippen LogP contribution in [0.15, 0.2) is 61.2 Å². The lowest BCUT2D eigenvalue weighted by molar-refractivity contribution is -0.140. The van der Waals surface area contributed by atoms with Crippen LogP contribution in [-0.2, 0) is 11.3 Å². The van der Waals surface area contributed by atoms with Gasteiger partial charge in [-0.3, -0.25) is 14.6 Å². The van der Waals surface area contributed by atoms with Crippen molar-refractivity contribution in [2.75, 3.05) is 13.1 Å². The smallest absolute Gasteiger partial charge is 0.257 e. The van der Waals surface area contributed by atoms with E-state index in [1.807, 2.05) is 42.2 Å². The van der Waals surface area contributed by atoms with E-state index in [9.17, 15) is 9.59 Å². The summed E-state index contributed by atoms with van der Waals surface area (Å²) < 4.78 is 0. The quantitative estimate of drug-likeness (QED) is 0.672. The van der Waals surface area contributed by atoms with Gasteiger partial charge in [-0.25, -0.2) is 9.97 Å². The van der Waals surface area contributed by atoms with Gasteiger partial charge in [0.15, 0.2) is 5.82 Å². The molecule has 7 nitrogen and oxygen atoms in total. The topological polar surface area (TPSA) is 79.3 Å². The summed E-state index contributed by atoms with van der Waals surface area (Å²) in [5.74, 6) is 0.249. The molecule has 0 unspecified atom stereocenters. The lowest BCUT2D eigenvalue weighted by atomic mass is 10.1. The number of nitrogens with zero attached hydrogens (tertiary/aromatic N) is 5. The summed E-state index contributed by atoms with van der Waals surface area (Å²) in [7, 11) is 0. The third-order valence-corrected chi connectivity index (χ3v) is 5.30. The van der Waals surface area contributed by atoms with E-state index in [-0.39, 0.29) is 11.8 Å². The SMILES string of the molecule is Cc1cccc(CN2CCN(C(=O)c3cnc(-c4ccncc4)nc3)[C@@H](C)C2=O)c1. The highest BCUT2D eigenvalue weighted by Gasteiger charge is 2.34. The van der Waals surface area contributed by atoms with Gasteiger partial charge < -0.3 is 9.80 Å². The maximum atomic E-state index is 13.0. The Balaban J connectivity index is 1.45. The number of piperazine rings is 1. The van der Waals surface area contributed by atoms with Crippen molar-refractivity contribution in [3.63, 3.8) is 0 Å². The summed E-state index contributed by atoms with van der Waals surface area (Å²) in [6.45, 7) is 5.33. The summed E-state index contributed by atoms with van der Waals surface area (Å²) in [5.41, 5.74) is 3.46. The summed E-state index contributed by atoms with van der Waals surface area (Å²) in [4.78, 5) is 41.9. The first-order chi connectivity index (χ1) is 14.5. The number of aryl methyl sites for hydroxylation is 1. The van der Waals surface area contributed by atoms with Crippen molar-refractivity contribution in [3.8, 4) is 11.4 Å². The fourth-order valence-corrected chi connectivity index (χ4v) is 3.65. The molecule has 1 aliphatic heterocycles. The number of hydrogen-bond acceptors (Lipinski definition) is 5. The van der Waals surface area contributed by atoms with Gasteiger partial charge in [0.1, 0.15) is 6.04 Å². The molecule has 0 spiro atoms. The zero-order valence-electron chi connectivity index (χ0n) is 17.0. The van der Waals surface area contributed by atoms with Crippen LogP contribution < -0.4 is 0 Å². The molecule has 7 heteroatoms. The van der Waals surface area contributed by atoms with E-state index in [2.05, 4.69) is 21.0 Å². The fraction of sp³-hybridized carbons (Fsp3) is 0.261. The first kappa shape index (κ1) is 19.7. The molecule has 1 aliphatic rings. The molecule has 0 bridgehead atoms. The summed E-state index contributed by atoms with van der Waals surface area (Å²) >= 11 is 0. The number of benzene rings is 1. The molecule has 2 aromatic heterocycles. The standard InChI is InChI=1S/C23H23N5O2/c1-16-4-3-5-18(12-16)15-27-10-11-28(17(2)22(27)29)23(30)20-13-25-21(26-14-20)19-6-8-24-9-7-19/h3-9,12-14,17H,10-11,15H2,1-2H3/t17-/m0/s1. The third-order valence-electron chi connectivity index (χ3n) is 5.30. The molecule has 0 aliphatic carbocycles. The van der Waals surface area contributed by atoms with Crippen molar-refractivity contribution >= 4 is 11.8 Å². The summed E-state index contributed by atoms with van der Waals surface area (Å²) in [6, 6.07) is 11.2. The van der Waals surface area contributed by atoms with Crippen LogP contribution in [0.25, 0.3) is 11.4 Å². The molecule has 3 heterocycles. The van der Waals surface area contributed by atoms with E-state index in [0.29, 0.717) is 31.0 Å². The van der Waals surface area contributed by atoms with Crippen molar-refractivity contribution < 1.29 is 9.59 Å². The largest absolute Gasteiger partial charge is 0.335 e. The van der Waals surface area contributed by atoms with Crippen LogP contribution in [0.4, 0.5) is 0 Å². The monoisotopic (exact) mass is 401 g/mol. The molecule has 1 fully saturated rings. The zero-order valence-corrected chi connectivity index (χ0v) is 17.0. The van der Waals surface area contributed by atoms with Crippen LogP contribution in [0.5, 0.6) is 0 Å². The zero-order chi connectivity index (χ0) is 21.1. The van der Waals surface area contributed by atoms with Crippen molar-refractivity contribution in [1.82, 2.24) is 24.8 Å². The first-order valence-corrected chi connectivity index (χ1v) is 9.90. The average molecular weight is 401 g/mol. The van der Waals surface area contributed by atoms with E-state index < -0.39 is 6.04 Å².